The van der Waals surface area contributed by atoms with E-state index in [4.69, 9.17) is 4.74 Å². The molecule has 1 saturated heterocycles. The molecule has 1 aliphatic heterocycles. The Morgan fingerprint density at radius 1 is 1.32 bits per heavy atom. The van der Waals surface area contributed by atoms with Gasteiger partial charge >= 0.3 is 0 Å². The maximum Gasteiger partial charge on any atom is 0.230 e. The standard InChI is InChI=1S/C14H25NO4/c1-9(2)13(17)6-14(18)15-7-12(16)5-11(15)8-19-10(3)4/h9-12,16H,5-8H2,1-4H3/t11-,12+/m1/s1. The third-order valence-electron chi connectivity index (χ3n) is 3.30. The van der Waals surface area contributed by atoms with Crippen molar-refractivity contribution in [3.8, 4) is 0 Å². The van der Waals surface area contributed by atoms with Crippen molar-refractivity contribution in [1.82, 2.24) is 4.90 Å². The van der Waals surface area contributed by atoms with E-state index < -0.39 is 6.10 Å². The molecule has 5 nitrogen and oxygen atoms in total. The summed E-state index contributed by atoms with van der Waals surface area (Å²) in [6.07, 6.45) is 0.0162. The molecule has 110 valence electrons. The molecule has 1 rings (SSSR count). The van der Waals surface area contributed by atoms with Crippen LogP contribution in [0.3, 0.4) is 0 Å². The molecule has 0 aromatic heterocycles. The van der Waals surface area contributed by atoms with Gasteiger partial charge in [-0.3, -0.25) is 9.59 Å². The van der Waals surface area contributed by atoms with E-state index >= 15 is 0 Å². The summed E-state index contributed by atoms with van der Waals surface area (Å²) in [7, 11) is 0. The molecular weight excluding hydrogens is 246 g/mol. The van der Waals surface area contributed by atoms with Gasteiger partial charge in [-0.05, 0) is 20.3 Å². The fraction of sp³-hybridized carbons (Fsp3) is 0.857. The molecule has 2 atom stereocenters. The molecule has 0 aromatic carbocycles. The van der Waals surface area contributed by atoms with Gasteiger partial charge in [0.05, 0.1) is 31.3 Å². The van der Waals surface area contributed by atoms with Crippen LogP contribution >= 0.6 is 0 Å². The molecule has 1 aliphatic rings. The molecule has 5 heteroatoms. The summed E-state index contributed by atoms with van der Waals surface area (Å²) >= 11 is 0. The minimum atomic E-state index is -0.515. The van der Waals surface area contributed by atoms with E-state index in [2.05, 4.69) is 0 Å². The molecule has 19 heavy (non-hydrogen) atoms. The van der Waals surface area contributed by atoms with E-state index in [9.17, 15) is 14.7 Å². The zero-order valence-electron chi connectivity index (χ0n) is 12.3. The lowest BCUT2D eigenvalue weighted by Gasteiger charge is -2.25. The van der Waals surface area contributed by atoms with Crippen LogP contribution in [0.1, 0.15) is 40.5 Å². The predicted octanol–water partition coefficient (Wildman–Crippen LogP) is 0.988. The first-order chi connectivity index (χ1) is 8.81. The largest absolute Gasteiger partial charge is 0.391 e. The van der Waals surface area contributed by atoms with Crippen LogP contribution in [0, 0.1) is 5.92 Å². The van der Waals surface area contributed by atoms with Gasteiger partial charge in [-0.2, -0.15) is 0 Å². The van der Waals surface area contributed by atoms with Gasteiger partial charge in [0.2, 0.25) is 5.91 Å². The first kappa shape index (κ1) is 16.1. The summed E-state index contributed by atoms with van der Waals surface area (Å²) < 4.78 is 5.52. The summed E-state index contributed by atoms with van der Waals surface area (Å²) in [5.41, 5.74) is 0. The molecule has 0 saturated carbocycles. The van der Waals surface area contributed by atoms with Gasteiger partial charge in [-0.25, -0.2) is 0 Å². The lowest BCUT2D eigenvalue weighted by atomic mass is 10.1. The minimum Gasteiger partial charge on any atom is -0.391 e. The molecular formula is C14H25NO4. The fourth-order valence-electron chi connectivity index (χ4n) is 2.11. The van der Waals surface area contributed by atoms with E-state index in [0.29, 0.717) is 19.6 Å². The van der Waals surface area contributed by atoms with Crippen molar-refractivity contribution < 1.29 is 19.4 Å². The number of hydrogen-bond acceptors (Lipinski definition) is 4. The molecule has 0 aliphatic carbocycles. The van der Waals surface area contributed by atoms with Crippen molar-refractivity contribution >= 4 is 11.7 Å². The van der Waals surface area contributed by atoms with Crippen molar-refractivity contribution in [1.29, 1.82) is 0 Å². The summed E-state index contributed by atoms with van der Waals surface area (Å²) in [5, 5.41) is 9.69. The Kier molecular flexibility index (Phi) is 5.94. The number of carbonyl (C=O) groups is 2. The number of aliphatic hydroxyl groups excluding tert-OH is 1. The van der Waals surface area contributed by atoms with Crippen LogP contribution in [-0.4, -0.2) is 53.1 Å². The van der Waals surface area contributed by atoms with E-state index in [0.717, 1.165) is 0 Å². The SMILES string of the molecule is CC(C)OC[C@H]1C[C@H](O)CN1C(=O)CC(=O)C(C)C. The van der Waals surface area contributed by atoms with Gasteiger partial charge in [0.15, 0.2) is 0 Å². The molecule has 0 radical (unpaired) electrons. The molecule has 0 aromatic rings. The van der Waals surface area contributed by atoms with Crippen molar-refractivity contribution in [2.24, 2.45) is 5.92 Å². The van der Waals surface area contributed by atoms with E-state index in [-0.39, 0.29) is 36.2 Å². The number of carbonyl (C=O) groups excluding carboxylic acids is 2. The summed E-state index contributed by atoms with van der Waals surface area (Å²) in [6.45, 7) is 8.15. The highest BCUT2D eigenvalue weighted by Crippen LogP contribution is 2.20. The van der Waals surface area contributed by atoms with E-state index in [1.165, 1.54) is 0 Å². The van der Waals surface area contributed by atoms with Crippen LogP contribution < -0.4 is 0 Å². The van der Waals surface area contributed by atoms with Crippen LogP contribution in [0.25, 0.3) is 0 Å². The third kappa shape index (κ3) is 4.91. The number of Topliss-reactive ketones (excluding diaryl/α,β-unsaturated/α-hetero) is 1. The van der Waals surface area contributed by atoms with Crippen molar-refractivity contribution in [2.45, 2.75) is 58.8 Å². The number of likely N-dealkylation sites (tertiary alicyclic amines) is 1. The Bertz CT molecular complexity index is 327. The highest BCUT2D eigenvalue weighted by Gasteiger charge is 2.35. The highest BCUT2D eigenvalue weighted by molar-refractivity contribution is 5.99. The van der Waals surface area contributed by atoms with Crippen molar-refractivity contribution in [3.05, 3.63) is 0 Å². The van der Waals surface area contributed by atoms with Gasteiger partial charge in [0.25, 0.3) is 0 Å². The number of amides is 1. The van der Waals surface area contributed by atoms with E-state index in [1.54, 1.807) is 18.7 Å². The summed E-state index contributed by atoms with van der Waals surface area (Å²) in [5.74, 6) is -0.399. The lowest BCUT2D eigenvalue weighted by molar-refractivity contribution is -0.138. The fourth-order valence-corrected chi connectivity index (χ4v) is 2.11. The molecule has 0 bridgehead atoms. The third-order valence-corrected chi connectivity index (χ3v) is 3.30. The Morgan fingerprint density at radius 3 is 2.47 bits per heavy atom. The number of hydrogen-bond donors (Lipinski definition) is 1. The normalized spacial score (nSPS) is 23.4. The van der Waals surface area contributed by atoms with Gasteiger partial charge in [0, 0.05) is 12.5 Å². The topological polar surface area (TPSA) is 66.8 Å². The Labute approximate surface area is 114 Å². The summed E-state index contributed by atoms with van der Waals surface area (Å²) in [6, 6.07) is -0.120. The molecule has 1 fully saturated rings. The maximum atomic E-state index is 12.1. The van der Waals surface area contributed by atoms with E-state index in [1.807, 2.05) is 13.8 Å². The monoisotopic (exact) mass is 271 g/mol. The highest BCUT2D eigenvalue weighted by atomic mass is 16.5. The first-order valence-electron chi connectivity index (χ1n) is 6.93. The van der Waals surface area contributed by atoms with Crippen LogP contribution in [0.5, 0.6) is 0 Å². The second kappa shape index (κ2) is 7.01. The number of ketones is 1. The molecule has 1 N–H and O–H groups in total. The second-order valence-electron chi connectivity index (χ2n) is 5.77. The Hall–Kier alpha value is -0.940. The van der Waals surface area contributed by atoms with Crippen LogP contribution in [0.2, 0.25) is 0 Å². The Morgan fingerprint density at radius 2 is 1.95 bits per heavy atom. The number of nitrogens with zero attached hydrogens (tertiary/aromatic N) is 1. The number of ether oxygens (including phenoxy) is 1. The van der Waals surface area contributed by atoms with Crippen LogP contribution in [0.15, 0.2) is 0 Å². The summed E-state index contributed by atoms with van der Waals surface area (Å²) in [4.78, 5) is 25.3. The average molecular weight is 271 g/mol. The second-order valence-corrected chi connectivity index (χ2v) is 5.77. The van der Waals surface area contributed by atoms with Crippen molar-refractivity contribution in [2.75, 3.05) is 13.2 Å². The zero-order valence-corrected chi connectivity index (χ0v) is 12.3. The smallest absolute Gasteiger partial charge is 0.230 e. The quantitative estimate of drug-likeness (QED) is 0.732. The van der Waals surface area contributed by atoms with Gasteiger partial charge in [0.1, 0.15) is 5.78 Å². The van der Waals surface area contributed by atoms with Crippen LogP contribution in [0.4, 0.5) is 0 Å². The predicted molar refractivity (Wildman–Crippen MR) is 71.7 cm³/mol. The van der Waals surface area contributed by atoms with Gasteiger partial charge in [-0.1, -0.05) is 13.8 Å². The Balaban J connectivity index is 2.57. The molecule has 0 spiro atoms. The van der Waals surface area contributed by atoms with Crippen LogP contribution in [-0.2, 0) is 14.3 Å². The van der Waals surface area contributed by atoms with Crippen molar-refractivity contribution in [3.63, 3.8) is 0 Å². The lowest BCUT2D eigenvalue weighted by Crippen LogP contribution is -2.40. The zero-order chi connectivity index (χ0) is 14.6. The molecule has 1 heterocycles. The first-order valence-corrected chi connectivity index (χ1v) is 6.93. The molecule has 0 unspecified atom stereocenters. The van der Waals surface area contributed by atoms with Gasteiger partial charge in [-0.15, -0.1) is 0 Å². The van der Waals surface area contributed by atoms with Gasteiger partial charge < -0.3 is 14.7 Å². The number of rotatable bonds is 6. The number of aliphatic hydroxyl groups is 1. The molecule has 1 amide bonds. The number of β-amino-alcohol motifs (C(OH)–C–C–N with tert-alkyl or cyclic N) is 1. The average Bonchev–Trinajstić information content (AvgIpc) is 2.67. The maximum absolute atomic E-state index is 12.1. The minimum absolute atomic E-state index is 0.0603.